The Morgan fingerprint density at radius 2 is 1.93 bits per heavy atom. The first-order valence-corrected chi connectivity index (χ1v) is 11.7. The van der Waals surface area contributed by atoms with Crippen LogP contribution in [-0.4, -0.2) is 25.0 Å². The summed E-state index contributed by atoms with van der Waals surface area (Å²) in [5.74, 6) is 1.27. The standard InChI is InChI=1S/C26H39NO3/c1-16(2)14-23(24(28)30-6)27-25(29)26(5)13-7-8-21-20-11-9-18(17(3)4)15-19(20)10-12-22(21)26/h9,11,15-17,21-23H,7-8,10,12-14H2,1-6H3,(H,27,29)/t21-,22-,23+,26-/m1/s1. The van der Waals surface area contributed by atoms with Gasteiger partial charge in [-0.2, -0.15) is 0 Å². The third-order valence-corrected chi connectivity index (χ3v) is 7.49. The van der Waals surface area contributed by atoms with Crippen molar-refractivity contribution in [2.24, 2.45) is 17.3 Å². The van der Waals surface area contributed by atoms with Gasteiger partial charge in [0.15, 0.2) is 0 Å². The van der Waals surface area contributed by atoms with Gasteiger partial charge in [0.25, 0.3) is 0 Å². The summed E-state index contributed by atoms with van der Waals surface area (Å²) >= 11 is 0. The zero-order chi connectivity index (χ0) is 22.1. The van der Waals surface area contributed by atoms with Crippen molar-refractivity contribution in [2.45, 2.75) is 91.0 Å². The Morgan fingerprint density at radius 3 is 2.57 bits per heavy atom. The fraction of sp³-hybridized carbons (Fsp3) is 0.692. The first-order chi connectivity index (χ1) is 14.2. The number of aryl methyl sites for hydroxylation is 1. The maximum absolute atomic E-state index is 13.5. The van der Waals surface area contributed by atoms with Crippen LogP contribution in [-0.2, 0) is 20.7 Å². The third-order valence-electron chi connectivity index (χ3n) is 7.49. The molecule has 1 saturated carbocycles. The Balaban J connectivity index is 1.84. The van der Waals surface area contributed by atoms with Crippen LogP contribution in [0.4, 0.5) is 0 Å². The maximum Gasteiger partial charge on any atom is 0.328 e. The van der Waals surface area contributed by atoms with E-state index in [-0.39, 0.29) is 11.9 Å². The molecule has 2 aliphatic carbocycles. The lowest BCUT2D eigenvalue weighted by Crippen LogP contribution is -2.53. The van der Waals surface area contributed by atoms with Crippen molar-refractivity contribution in [3.63, 3.8) is 0 Å². The average Bonchev–Trinajstić information content (AvgIpc) is 2.71. The van der Waals surface area contributed by atoms with Crippen LogP contribution in [0.2, 0.25) is 0 Å². The van der Waals surface area contributed by atoms with E-state index < -0.39 is 11.5 Å². The molecule has 1 aromatic rings. The number of esters is 1. The number of rotatable bonds is 6. The molecule has 4 atom stereocenters. The second kappa shape index (κ2) is 9.11. The molecule has 0 spiro atoms. The van der Waals surface area contributed by atoms with Gasteiger partial charge in [-0.3, -0.25) is 4.79 Å². The molecule has 0 saturated heterocycles. The van der Waals surface area contributed by atoms with E-state index in [1.165, 1.54) is 23.8 Å². The first kappa shape index (κ1) is 22.8. The van der Waals surface area contributed by atoms with Crippen LogP contribution in [0.1, 0.15) is 95.2 Å². The molecule has 0 radical (unpaired) electrons. The summed E-state index contributed by atoms with van der Waals surface area (Å²) in [6.07, 6.45) is 5.75. The summed E-state index contributed by atoms with van der Waals surface area (Å²) in [6.45, 7) is 10.7. The van der Waals surface area contributed by atoms with Crippen LogP contribution in [0, 0.1) is 17.3 Å². The van der Waals surface area contributed by atoms with Gasteiger partial charge in [-0.1, -0.05) is 59.2 Å². The number of carbonyl (C=O) groups is 2. The molecule has 0 unspecified atom stereocenters. The molecule has 4 heteroatoms. The fourth-order valence-electron chi connectivity index (χ4n) is 5.72. The number of nitrogens with one attached hydrogen (secondary N) is 1. The lowest BCUT2D eigenvalue weighted by atomic mass is 9.56. The molecule has 0 aromatic heterocycles. The predicted octanol–water partition coefficient (Wildman–Crippen LogP) is 5.35. The van der Waals surface area contributed by atoms with Crippen LogP contribution >= 0.6 is 0 Å². The molecule has 1 aromatic carbocycles. The van der Waals surface area contributed by atoms with E-state index in [9.17, 15) is 9.59 Å². The molecule has 2 aliphatic rings. The highest BCUT2D eigenvalue weighted by molar-refractivity contribution is 5.88. The summed E-state index contributed by atoms with van der Waals surface area (Å²) in [4.78, 5) is 25.8. The Morgan fingerprint density at radius 1 is 1.20 bits per heavy atom. The minimum absolute atomic E-state index is 0.0236. The van der Waals surface area contributed by atoms with E-state index in [4.69, 9.17) is 4.74 Å². The van der Waals surface area contributed by atoms with Crippen molar-refractivity contribution in [3.8, 4) is 0 Å². The van der Waals surface area contributed by atoms with Crippen molar-refractivity contribution >= 4 is 11.9 Å². The molecule has 166 valence electrons. The van der Waals surface area contributed by atoms with Crippen molar-refractivity contribution in [1.29, 1.82) is 0 Å². The van der Waals surface area contributed by atoms with E-state index in [0.29, 0.717) is 30.1 Å². The fourth-order valence-corrected chi connectivity index (χ4v) is 5.72. The van der Waals surface area contributed by atoms with Gasteiger partial charge in [0.05, 0.1) is 7.11 Å². The van der Waals surface area contributed by atoms with Crippen molar-refractivity contribution in [2.75, 3.05) is 7.11 Å². The minimum Gasteiger partial charge on any atom is -0.467 e. The summed E-state index contributed by atoms with van der Waals surface area (Å²) in [5.41, 5.74) is 3.87. The van der Waals surface area contributed by atoms with Gasteiger partial charge >= 0.3 is 5.97 Å². The molecular weight excluding hydrogens is 374 g/mol. The number of ether oxygens (including phenoxy) is 1. The molecule has 1 amide bonds. The second-order valence-electron chi connectivity index (χ2n) is 10.4. The highest BCUT2D eigenvalue weighted by atomic mass is 16.5. The quantitative estimate of drug-likeness (QED) is 0.640. The van der Waals surface area contributed by atoms with E-state index in [1.54, 1.807) is 0 Å². The molecule has 0 heterocycles. The van der Waals surface area contributed by atoms with Crippen LogP contribution in [0.25, 0.3) is 0 Å². The van der Waals surface area contributed by atoms with Crippen LogP contribution in [0.5, 0.6) is 0 Å². The van der Waals surface area contributed by atoms with Crippen LogP contribution in [0.15, 0.2) is 18.2 Å². The summed E-state index contributed by atoms with van der Waals surface area (Å²) in [6, 6.07) is 6.41. The van der Waals surface area contributed by atoms with E-state index in [0.717, 1.165) is 32.1 Å². The number of carbonyl (C=O) groups excluding carboxylic acids is 2. The summed E-state index contributed by atoms with van der Waals surface area (Å²) in [7, 11) is 1.39. The average molecular weight is 414 g/mol. The van der Waals surface area contributed by atoms with E-state index >= 15 is 0 Å². The monoisotopic (exact) mass is 413 g/mol. The Bertz CT molecular complexity index is 784. The molecule has 30 heavy (non-hydrogen) atoms. The van der Waals surface area contributed by atoms with Crippen LogP contribution in [0.3, 0.4) is 0 Å². The number of hydrogen-bond donors (Lipinski definition) is 1. The Hall–Kier alpha value is -1.84. The first-order valence-electron chi connectivity index (χ1n) is 11.7. The number of amides is 1. The SMILES string of the molecule is COC(=O)[C@H](CC(C)C)NC(=O)[C@]1(C)CCC[C@@H]2c3ccc(C(C)C)cc3CC[C@H]21. The topological polar surface area (TPSA) is 55.4 Å². The summed E-state index contributed by atoms with van der Waals surface area (Å²) in [5, 5.41) is 3.08. The van der Waals surface area contributed by atoms with E-state index in [1.807, 2.05) is 0 Å². The van der Waals surface area contributed by atoms with Crippen molar-refractivity contribution < 1.29 is 14.3 Å². The molecule has 1 fully saturated rings. The number of hydrogen-bond acceptors (Lipinski definition) is 3. The van der Waals surface area contributed by atoms with Gasteiger partial charge < -0.3 is 10.1 Å². The predicted molar refractivity (Wildman–Crippen MR) is 120 cm³/mol. The molecule has 0 aliphatic heterocycles. The lowest BCUT2D eigenvalue weighted by molar-refractivity contribution is -0.148. The van der Waals surface area contributed by atoms with Gasteiger partial charge in [0.1, 0.15) is 6.04 Å². The minimum atomic E-state index is -0.566. The number of methoxy groups -OCH3 is 1. The molecular formula is C26H39NO3. The highest BCUT2D eigenvalue weighted by Crippen LogP contribution is 2.54. The third kappa shape index (κ3) is 4.43. The second-order valence-corrected chi connectivity index (χ2v) is 10.4. The lowest BCUT2D eigenvalue weighted by Gasteiger charge is -2.48. The molecule has 0 bridgehead atoms. The van der Waals surface area contributed by atoms with Gasteiger partial charge in [-0.15, -0.1) is 0 Å². The maximum atomic E-state index is 13.5. The van der Waals surface area contributed by atoms with Gasteiger partial charge in [-0.05, 0) is 72.5 Å². The van der Waals surface area contributed by atoms with Crippen molar-refractivity contribution in [3.05, 3.63) is 34.9 Å². The van der Waals surface area contributed by atoms with Gasteiger partial charge in [-0.25, -0.2) is 4.79 Å². The smallest absolute Gasteiger partial charge is 0.328 e. The Kier molecular flexibility index (Phi) is 6.94. The largest absolute Gasteiger partial charge is 0.467 e. The number of benzene rings is 1. The normalized spacial score (nSPS) is 26.7. The Labute approximate surface area is 182 Å². The van der Waals surface area contributed by atoms with E-state index in [2.05, 4.69) is 58.1 Å². The summed E-state index contributed by atoms with van der Waals surface area (Å²) < 4.78 is 4.96. The van der Waals surface area contributed by atoms with Crippen molar-refractivity contribution in [1.82, 2.24) is 5.32 Å². The molecule has 3 rings (SSSR count). The molecule has 4 nitrogen and oxygen atoms in total. The highest BCUT2D eigenvalue weighted by Gasteiger charge is 2.49. The van der Waals surface area contributed by atoms with Gasteiger partial charge in [0, 0.05) is 5.41 Å². The van der Waals surface area contributed by atoms with Gasteiger partial charge in [0.2, 0.25) is 5.91 Å². The van der Waals surface area contributed by atoms with Crippen LogP contribution < -0.4 is 5.32 Å². The zero-order valence-electron chi connectivity index (χ0n) is 19.6. The zero-order valence-corrected chi connectivity index (χ0v) is 19.6. The molecule has 1 N–H and O–H groups in total. The number of fused-ring (bicyclic) bond motifs is 3.